The molecule has 0 fully saturated rings. The van der Waals surface area contributed by atoms with E-state index in [4.69, 9.17) is 23.2 Å². The summed E-state index contributed by atoms with van der Waals surface area (Å²) in [6, 6.07) is 4.74. The molecule has 0 spiro atoms. The summed E-state index contributed by atoms with van der Waals surface area (Å²) < 4.78 is 0. The first-order valence-corrected chi connectivity index (χ1v) is 7.93. The van der Waals surface area contributed by atoms with Gasteiger partial charge in [0.1, 0.15) is 0 Å². The molecular formula is C16H23Cl2NO3. The van der Waals surface area contributed by atoms with Crippen LogP contribution in [0, 0.1) is 5.41 Å². The fourth-order valence-electron chi connectivity index (χ4n) is 2.34. The third-order valence-corrected chi connectivity index (χ3v) is 3.70. The molecule has 0 heterocycles. The number of aliphatic hydroxyl groups excluding tert-OH is 2. The Morgan fingerprint density at radius 1 is 1.23 bits per heavy atom. The number of hydrogen-bond donors (Lipinski definition) is 3. The summed E-state index contributed by atoms with van der Waals surface area (Å²) in [7, 11) is 0. The van der Waals surface area contributed by atoms with Gasteiger partial charge in [-0.25, -0.2) is 0 Å². The second-order valence-corrected chi connectivity index (χ2v) is 7.29. The molecule has 1 rings (SSSR count). The number of aliphatic hydroxyl groups is 2. The third-order valence-electron chi connectivity index (χ3n) is 3.26. The molecule has 6 heteroatoms. The molecule has 0 aliphatic carbocycles. The first kappa shape index (κ1) is 19.2. The zero-order valence-electron chi connectivity index (χ0n) is 13.1. The van der Waals surface area contributed by atoms with Gasteiger partial charge in [0.15, 0.2) is 0 Å². The molecule has 0 aliphatic rings. The maximum atomic E-state index is 11.9. The third kappa shape index (κ3) is 6.97. The molecule has 1 amide bonds. The minimum Gasteiger partial charge on any atom is -0.393 e. The lowest BCUT2D eigenvalue weighted by molar-refractivity contribution is -0.123. The highest BCUT2D eigenvalue weighted by atomic mass is 35.5. The molecule has 124 valence electrons. The molecular weight excluding hydrogens is 325 g/mol. The van der Waals surface area contributed by atoms with Crippen LogP contribution in [0.25, 0.3) is 0 Å². The highest BCUT2D eigenvalue weighted by Gasteiger charge is 2.22. The molecule has 0 bridgehead atoms. The van der Waals surface area contributed by atoms with Crippen molar-refractivity contribution in [3.05, 3.63) is 33.8 Å². The first-order chi connectivity index (χ1) is 10.1. The van der Waals surface area contributed by atoms with Crippen LogP contribution in [0.1, 0.15) is 45.3 Å². The lowest BCUT2D eigenvalue weighted by Gasteiger charge is -2.26. The van der Waals surface area contributed by atoms with Gasteiger partial charge in [-0.15, -0.1) is 0 Å². The molecule has 4 nitrogen and oxygen atoms in total. The van der Waals surface area contributed by atoms with Crippen LogP contribution in [0.4, 0.5) is 0 Å². The number of hydrogen-bond acceptors (Lipinski definition) is 3. The van der Waals surface area contributed by atoms with Gasteiger partial charge in [-0.05, 0) is 42.5 Å². The Morgan fingerprint density at radius 2 is 1.77 bits per heavy atom. The molecule has 0 radical (unpaired) electrons. The lowest BCUT2D eigenvalue weighted by atomic mass is 9.87. The number of benzene rings is 1. The van der Waals surface area contributed by atoms with E-state index in [9.17, 15) is 15.0 Å². The first-order valence-electron chi connectivity index (χ1n) is 7.18. The summed E-state index contributed by atoms with van der Waals surface area (Å²) >= 11 is 11.8. The molecule has 22 heavy (non-hydrogen) atoms. The number of halogens is 2. The topological polar surface area (TPSA) is 69.6 Å². The molecule has 0 saturated heterocycles. The minimum absolute atomic E-state index is 0.0680. The molecule has 1 aromatic carbocycles. The fraction of sp³-hybridized carbons (Fsp3) is 0.562. The zero-order chi connectivity index (χ0) is 16.9. The molecule has 2 unspecified atom stereocenters. The number of nitrogens with one attached hydrogen (secondary N) is 1. The molecule has 2 atom stereocenters. The van der Waals surface area contributed by atoms with Crippen LogP contribution in [0.5, 0.6) is 0 Å². The van der Waals surface area contributed by atoms with E-state index in [1.807, 2.05) is 13.8 Å². The molecule has 3 N–H and O–H groups in total. The Hall–Kier alpha value is -0.810. The standard InChI is InChI=1S/C16H23Cl2NO3/c1-10(20)8-16(2,3)9-19-15(22)7-14(21)11-4-12(17)6-13(18)5-11/h4-6,10,14,20-21H,7-9H2,1-3H3,(H,19,22). The highest BCUT2D eigenvalue weighted by Crippen LogP contribution is 2.25. The van der Waals surface area contributed by atoms with Crippen molar-refractivity contribution in [2.24, 2.45) is 5.41 Å². The lowest BCUT2D eigenvalue weighted by Crippen LogP contribution is -2.36. The summed E-state index contributed by atoms with van der Waals surface area (Å²) in [6.07, 6.45) is -0.872. The van der Waals surface area contributed by atoms with Crippen LogP contribution < -0.4 is 5.32 Å². The monoisotopic (exact) mass is 347 g/mol. The van der Waals surface area contributed by atoms with E-state index in [0.29, 0.717) is 28.6 Å². The van der Waals surface area contributed by atoms with Gasteiger partial charge in [0.05, 0.1) is 18.6 Å². The van der Waals surface area contributed by atoms with E-state index >= 15 is 0 Å². The largest absolute Gasteiger partial charge is 0.393 e. The second-order valence-electron chi connectivity index (χ2n) is 6.42. The van der Waals surface area contributed by atoms with Crippen molar-refractivity contribution in [2.75, 3.05) is 6.54 Å². The molecule has 0 aliphatic heterocycles. The Kier molecular flexibility index (Phi) is 7.13. The summed E-state index contributed by atoms with van der Waals surface area (Å²) in [5.41, 5.74) is 0.296. The van der Waals surface area contributed by atoms with Crippen molar-refractivity contribution < 1.29 is 15.0 Å². The van der Waals surface area contributed by atoms with E-state index in [0.717, 1.165) is 0 Å². The zero-order valence-corrected chi connectivity index (χ0v) is 14.6. The van der Waals surface area contributed by atoms with Gasteiger partial charge < -0.3 is 15.5 Å². The average molecular weight is 348 g/mol. The van der Waals surface area contributed by atoms with Crippen LogP contribution in [0.15, 0.2) is 18.2 Å². The Morgan fingerprint density at radius 3 is 2.27 bits per heavy atom. The van der Waals surface area contributed by atoms with Crippen molar-refractivity contribution in [3.63, 3.8) is 0 Å². The molecule has 0 aromatic heterocycles. The summed E-state index contributed by atoms with van der Waals surface area (Å²) in [6.45, 7) is 6.08. The second kappa shape index (κ2) is 8.16. The normalized spacial score (nSPS) is 14.5. The Balaban J connectivity index is 2.54. The van der Waals surface area contributed by atoms with Gasteiger partial charge in [0, 0.05) is 16.6 Å². The van der Waals surface area contributed by atoms with Gasteiger partial charge in [-0.1, -0.05) is 37.0 Å². The van der Waals surface area contributed by atoms with Crippen molar-refractivity contribution in [1.29, 1.82) is 0 Å². The maximum absolute atomic E-state index is 11.9. The van der Waals surface area contributed by atoms with E-state index in [2.05, 4.69) is 5.32 Å². The van der Waals surface area contributed by atoms with Gasteiger partial charge in [-0.2, -0.15) is 0 Å². The predicted molar refractivity (Wildman–Crippen MR) is 89.1 cm³/mol. The maximum Gasteiger partial charge on any atom is 0.222 e. The van der Waals surface area contributed by atoms with Crippen molar-refractivity contribution in [3.8, 4) is 0 Å². The van der Waals surface area contributed by atoms with Crippen molar-refractivity contribution in [2.45, 2.75) is 45.8 Å². The van der Waals surface area contributed by atoms with Gasteiger partial charge >= 0.3 is 0 Å². The number of carbonyl (C=O) groups excluding carboxylic acids is 1. The number of amides is 1. The van der Waals surface area contributed by atoms with Crippen LogP contribution in [-0.2, 0) is 4.79 Å². The number of carbonyl (C=O) groups is 1. The van der Waals surface area contributed by atoms with E-state index < -0.39 is 12.2 Å². The quantitative estimate of drug-likeness (QED) is 0.708. The smallest absolute Gasteiger partial charge is 0.222 e. The molecule has 1 aromatic rings. The summed E-state index contributed by atoms with van der Waals surface area (Å²) in [4.78, 5) is 11.9. The molecule has 0 saturated carbocycles. The van der Waals surface area contributed by atoms with Gasteiger partial charge in [0.25, 0.3) is 0 Å². The number of rotatable bonds is 7. The average Bonchev–Trinajstić information content (AvgIpc) is 2.33. The summed E-state index contributed by atoms with van der Waals surface area (Å²) in [5.74, 6) is -0.262. The highest BCUT2D eigenvalue weighted by molar-refractivity contribution is 6.34. The van der Waals surface area contributed by atoms with Gasteiger partial charge in [-0.3, -0.25) is 4.79 Å². The fourth-order valence-corrected chi connectivity index (χ4v) is 2.89. The summed E-state index contributed by atoms with van der Waals surface area (Å²) in [5, 5.41) is 23.1. The minimum atomic E-state index is -0.962. The van der Waals surface area contributed by atoms with E-state index in [1.54, 1.807) is 25.1 Å². The van der Waals surface area contributed by atoms with Crippen LogP contribution in [0.2, 0.25) is 10.0 Å². The predicted octanol–water partition coefficient (Wildman–Crippen LogP) is 3.33. The van der Waals surface area contributed by atoms with Crippen molar-refractivity contribution in [1.82, 2.24) is 5.32 Å². The van der Waals surface area contributed by atoms with Crippen molar-refractivity contribution >= 4 is 29.1 Å². The van der Waals surface area contributed by atoms with Crippen LogP contribution in [0.3, 0.4) is 0 Å². The van der Waals surface area contributed by atoms with Crippen LogP contribution >= 0.6 is 23.2 Å². The SMILES string of the molecule is CC(O)CC(C)(C)CNC(=O)CC(O)c1cc(Cl)cc(Cl)c1. The van der Waals surface area contributed by atoms with Gasteiger partial charge in [0.2, 0.25) is 5.91 Å². The Bertz CT molecular complexity index is 498. The Labute approximate surface area is 141 Å². The van der Waals surface area contributed by atoms with E-state index in [-0.39, 0.29) is 17.7 Å². The van der Waals surface area contributed by atoms with E-state index in [1.165, 1.54) is 0 Å². The van der Waals surface area contributed by atoms with Crippen LogP contribution in [-0.4, -0.2) is 28.8 Å².